The van der Waals surface area contributed by atoms with Crippen LogP contribution in [0.5, 0.6) is 0 Å². The van der Waals surface area contributed by atoms with Gasteiger partial charge in [-0.2, -0.15) is 0 Å². The smallest absolute Gasteiger partial charge is 0.295 e. The highest BCUT2D eigenvalue weighted by molar-refractivity contribution is 6.10. The molecule has 1 aliphatic rings. The van der Waals surface area contributed by atoms with Crippen molar-refractivity contribution in [2.24, 2.45) is 12.0 Å². The van der Waals surface area contributed by atoms with Crippen molar-refractivity contribution in [1.82, 2.24) is 9.36 Å². The minimum Gasteiger partial charge on any atom is -0.334 e. The van der Waals surface area contributed by atoms with Gasteiger partial charge in [-0.25, -0.2) is 4.68 Å². The number of anilines is 1. The number of para-hydroxylation sites is 1. The molecule has 0 atom stereocenters. The predicted octanol–water partition coefficient (Wildman–Crippen LogP) is 4.29. The number of benzene rings is 2. The van der Waals surface area contributed by atoms with Gasteiger partial charge >= 0.3 is 0 Å². The Morgan fingerprint density at radius 1 is 1.03 bits per heavy atom. The fraction of sp³-hybridized carbons (Fsp3) is 0.333. The van der Waals surface area contributed by atoms with E-state index in [9.17, 15) is 4.79 Å². The maximum atomic E-state index is 13.3. The number of rotatable bonds is 2. The van der Waals surface area contributed by atoms with Crippen molar-refractivity contribution in [3.05, 3.63) is 80.8 Å². The Morgan fingerprint density at radius 2 is 1.69 bits per heavy atom. The van der Waals surface area contributed by atoms with E-state index in [-0.39, 0.29) is 11.1 Å². The first-order valence-corrected chi connectivity index (χ1v) is 9.99. The molecule has 5 heteroatoms. The number of fused-ring (bicyclic) bond motifs is 1. The third-order valence-corrected chi connectivity index (χ3v) is 5.81. The average molecular weight is 389 g/mol. The summed E-state index contributed by atoms with van der Waals surface area (Å²) in [5, 5.41) is 3.40. The van der Waals surface area contributed by atoms with Crippen LogP contribution < -0.4 is 10.9 Å². The number of nitrogens with one attached hydrogen (secondary N) is 1. The molecular formula is C24H28N4O. The maximum Gasteiger partial charge on any atom is 0.295 e. The lowest BCUT2D eigenvalue weighted by atomic mass is 9.86. The van der Waals surface area contributed by atoms with Gasteiger partial charge in [0, 0.05) is 12.6 Å². The lowest BCUT2D eigenvalue weighted by Gasteiger charge is -2.30. The summed E-state index contributed by atoms with van der Waals surface area (Å²) in [4.78, 5) is 18.3. The number of hydrogen-bond acceptors (Lipinski definition) is 3. The summed E-state index contributed by atoms with van der Waals surface area (Å²) in [6, 6.07) is 14.1. The topological polar surface area (TPSA) is 51.3 Å². The van der Waals surface area contributed by atoms with Crippen LogP contribution in [-0.4, -0.2) is 20.7 Å². The van der Waals surface area contributed by atoms with E-state index in [2.05, 4.69) is 45.1 Å². The highest BCUT2D eigenvalue weighted by Gasteiger charge is 2.29. The Kier molecular flexibility index (Phi) is 4.49. The van der Waals surface area contributed by atoms with Crippen LogP contribution >= 0.6 is 0 Å². The normalized spacial score (nSPS) is 15.0. The van der Waals surface area contributed by atoms with Crippen molar-refractivity contribution in [2.45, 2.75) is 46.6 Å². The summed E-state index contributed by atoms with van der Waals surface area (Å²) in [5.41, 5.74) is 6.84. The zero-order valence-electron chi connectivity index (χ0n) is 18.0. The summed E-state index contributed by atoms with van der Waals surface area (Å²) < 4.78 is 3.57. The molecule has 150 valence electrons. The fourth-order valence-electron chi connectivity index (χ4n) is 4.04. The molecule has 0 bridgehead atoms. The molecule has 1 N–H and O–H groups in total. The molecule has 0 fully saturated rings. The number of aliphatic imine (C=N–C) groups is 1. The highest BCUT2D eigenvalue weighted by Crippen LogP contribution is 2.29. The molecule has 0 amide bonds. The van der Waals surface area contributed by atoms with Crippen LogP contribution in [0, 0.1) is 20.8 Å². The molecule has 0 saturated carbocycles. The van der Waals surface area contributed by atoms with Gasteiger partial charge in [0.25, 0.3) is 5.56 Å². The molecule has 1 aliphatic heterocycles. The standard InChI is InChI=1S/C24H28N4O/c1-15-12-18-14-24(4,5)26-22(20(18)13-16(15)2)25-21-17(3)27(6)28(23(21)29)19-10-8-7-9-11-19/h7-13H,14H2,1-6H3,(H,25,26). The van der Waals surface area contributed by atoms with E-state index in [4.69, 9.17) is 4.99 Å². The predicted molar refractivity (Wildman–Crippen MR) is 120 cm³/mol. The first-order chi connectivity index (χ1) is 13.7. The van der Waals surface area contributed by atoms with E-state index < -0.39 is 0 Å². The second-order valence-electron chi connectivity index (χ2n) is 8.60. The maximum absolute atomic E-state index is 13.3. The largest absolute Gasteiger partial charge is 0.334 e. The quantitative estimate of drug-likeness (QED) is 0.712. The first-order valence-electron chi connectivity index (χ1n) is 9.99. The summed E-state index contributed by atoms with van der Waals surface area (Å²) in [7, 11) is 1.91. The summed E-state index contributed by atoms with van der Waals surface area (Å²) in [6.07, 6.45) is 0.886. The Morgan fingerprint density at radius 3 is 2.38 bits per heavy atom. The Bertz CT molecular complexity index is 1180. The van der Waals surface area contributed by atoms with Crippen molar-refractivity contribution in [2.75, 3.05) is 5.32 Å². The van der Waals surface area contributed by atoms with E-state index in [0.717, 1.165) is 29.2 Å². The SMILES string of the molecule is Cc1cc2c(cc1C)C(Nc1c(C)n(C)n(-c3ccccc3)c1=O)=NC(C)(C)C2. The monoisotopic (exact) mass is 388 g/mol. The average Bonchev–Trinajstić information content (AvgIpc) is 2.87. The number of amidine groups is 1. The van der Waals surface area contributed by atoms with Gasteiger partial charge in [0.1, 0.15) is 11.5 Å². The van der Waals surface area contributed by atoms with E-state index in [0.29, 0.717) is 5.69 Å². The summed E-state index contributed by atoms with van der Waals surface area (Å²) in [5.74, 6) is 0.769. The van der Waals surface area contributed by atoms with Gasteiger partial charge in [0.2, 0.25) is 0 Å². The summed E-state index contributed by atoms with van der Waals surface area (Å²) >= 11 is 0. The van der Waals surface area contributed by atoms with Gasteiger partial charge in [-0.3, -0.25) is 14.5 Å². The van der Waals surface area contributed by atoms with Crippen LogP contribution in [0.4, 0.5) is 5.69 Å². The summed E-state index contributed by atoms with van der Waals surface area (Å²) in [6.45, 7) is 10.5. The lowest BCUT2D eigenvalue weighted by molar-refractivity contribution is 0.513. The van der Waals surface area contributed by atoms with E-state index >= 15 is 0 Å². The number of hydrogen-bond donors (Lipinski definition) is 1. The van der Waals surface area contributed by atoms with Crippen molar-refractivity contribution in [1.29, 1.82) is 0 Å². The number of aromatic nitrogens is 2. The van der Waals surface area contributed by atoms with Gasteiger partial charge in [0.15, 0.2) is 0 Å². The zero-order valence-corrected chi connectivity index (χ0v) is 18.0. The molecule has 0 unspecified atom stereocenters. The fourth-order valence-corrected chi connectivity index (χ4v) is 4.04. The molecule has 0 aliphatic carbocycles. The van der Waals surface area contributed by atoms with Crippen LogP contribution in [0.2, 0.25) is 0 Å². The number of aryl methyl sites for hydroxylation is 2. The number of nitrogens with zero attached hydrogens (tertiary/aromatic N) is 3. The molecular weight excluding hydrogens is 360 g/mol. The zero-order chi connectivity index (χ0) is 20.9. The molecule has 0 spiro atoms. The molecule has 2 aromatic carbocycles. The third kappa shape index (κ3) is 3.31. The molecule has 1 aromatic heterocycles. The second kappa shape index (κ2) is 6.76. The molecule has 3 aromatic rings. The van der Waals surface area contributed by atoms with Crippen molar-refractivity contribution in [3.63, 3.8) is 0 Å². The molecule has 5 nitrogen and oxygen atoms in total. The lowest BCUT2D eigenvalue weighted by Crippen LogP contribution is -2.33. The van der Waals surface area contributed by atoms with E-state index in [1.807, 2.05) is 49.0 Å². The van der Waals surface area contributed by atoms with Gasteiger partial charge in [-0.15, -0.1) is 0 Å². The molecule has 0 radical (unpaired) electrons. The highest BCUT2D eigenvalue weighted by atomic mass is 16.1. The van der Waals surface area contributed by atoms with E-state index in [1.54, 1.807) is 4.68 Å². The van der Waals surface area contributed by atoms with Crippen LogP contribution in [0.3, 0.4) is 0 Å². The Hall–Kier alpha value is -3.08. The van der Waals surface area contributed by atoms with Crippen molar-refractivity contribution < 1.29 is 0 Å². The van der Waals surface area contributed by atoms with E-state index in [1.165, 1.54) is 16.7 Å². The minimum atomic E-state index is -0.224. The van der Waals surface area contributed by atoms with Gasteiger partial charge in [0.05, 0.1) is 16.9 Å². The molecule has 4 rings (SSSR count). The minimum absolute atomic E-state index is 0.0762. The Labute approximate surface area is 171 Å². The van der Waals surface area contributed by atoms with Gasteiger partial charge < -0.3 is 5.32 Å². The van der Waals surface area contributed by atoms with Crippen LogP contribution in [0.1, 0.15) is 41.8 Å². The van der Waals surface area contributed by atoms with Crippen LogP contribution in [0.25, 0.3) is 5.69 Å². The second-order valence-corrected chi connectivity index (χ2v) is 8.60. The van der Waals surface area contributed by atoms with Crippen molar-refractivity contribution >= 4 is 11.5 Å². The van der Waals surface area contributed by atoms with Gasteiger partial charge in [-0.1, -0.05) is 24.3 Å². The van der Waals surface area contributed by atoms with Crippen LogP contribution in [-0.2, 0) is 13.5 Å². The first kappa shape index (κ1) is 19.2. The Balaban J connectivity index is 1.84. The van der Waals surface area contributed by atoms with Crippen LogP contribution in [0.15, 0.2) is 52.3 Å². The molecule has 2 heterocycles. The van der Waals surface area contributed by atoms with Gasteiger partial charge in [-0.05, 0) is 75.9 Å². The molecule has 29 heavy (non-hydrogen) atoms. The third-order valence-electron chi connectivity index (χ3n) is 5.81. The van der Waals surface area contributed by atoms with Crippen molar-refractivity contribution in [3.8, 4) is 5.69 Å². The molecule has 0 saturated heterocycles.